The molecule has 2 heterocycles. The van der Waals surface area contributed by atoms with E-state index in [1.807, 2.05) is 0 Å². The number of aryl methyl sites for hydroxylation is 1. The van der Waals surface area contributed by atoms with E-state index in [4.69, 9.17) is 0 Å². The molecule has 3 N–H and O–H groups in total. The lowest BCUT2D eigenvalue weighted by atomic mass is 10.3. The Bertz CT molecular complexity index is 1090. The molecule has 0 saturated carbocycles. The molecule has 0 aliphatic rings. The van der Waals surface area contributed by atoms with Crippen molar-refractivity contribution in [3.8, 4) is 0 Å². The zero-order valence-corrected chi connectivity index (χ0v) is 14.3. The van der Waals surface area contributed by atoms with Crippen molar-refractivity contribution in [1.29, 1.82) is 0 Å². The fraction of sp³-hybridized carbons (Fsp3) is 0.143. The van der Waals surface area contributed by atoms with Gasteiger partial charge in [-0.1, -0.05) is 0 Å². The number of imidazole rings is 1. The zero-order valence-electron chi connectivity index (χ0n) is 12.7. The monoisotopic (exact) mass is 367 g/mol. The van der Waals surface area contributed by atoms with Crippen LogP contribution < -0.4 is 10.4 Å². The molecule has 1 aromatic carbocycles. The van der Waals surface area contributed by atoms with E-state index in [-0.39, 0.29) is 4.90 Å². The Morgan fingerprint density at radius 1 is 1.21 bits per heavy atom. The van der Waals surface area contributed by atoms with Gasteiger partial charge in [-0.15, -0.1) is 11.3 Å². The number of rotatable bonds is 4. The van der Waals surface area contributed by atoms with E-state index in [2.05, 4.69) is 19.4 Å². The Hall–Kier alpha value is -2.59. The van der Waals surface area contributed by atoms with Gasteiger partial charge < -0.3 is 14.7 Å². The summed E-state index contributed by atoms with van der Waals surface area (Å²) in [5, 5.41) is 0.301. The van der Waals surface area contributed by atoms with E-state index in [1.165, 1.54) is 25.3 Å². The SMILES string of the molecule is COC(=O)c1sc(NS(=O)(=O)c2ccc3[nH]c(=O)[nH]c3c2)cc1C. The van der Waals surface area contributed by atoms with Gasteiger partial charge in [0, 0.05) is 0 Å². The van der Waals surface area contributed by atoms with Crippen LogP contribution in [0.1, 0.15) is 15.2 Å². The third kappa shape index (κ3) is 2.93. The van der Waals surface area contributed by atoms with Crippen LogP contribution in [0.25, 0.3) is 11.0 Å². The third-order valence-corrected chi connectivity index (χ3v) is 5.95. The molecule has 10 heteroatoms. The number of fused-ring (bicyclic) bond motifs is 1. The lowest BCUT2D eigenvalue weighted by molar-refractivity contribution is 0.0605. The highest BCUT2D eigenvalue weighted by Crippen LogP contribution is 2.29. The van der Waals surface area contributed by atoms with Crippen molar-refractivity contribution in [2.45, 2.75) is 11.8 Å². The fourth-order valence-corrected chi connectivity index (χ4v) is 4.50. The topological polar surface area (TPSA) is 121 Å². The first-order valence-electron chi connectivity index (χ1n) is 6.74. The zero-order chi connectivity index (χ0) is 17.5. The number of nitrogens with one attached hydrogen (secondary N) is 3. The highest BCUT2D eigenvalue weighted by atomic mass is 32.2. The lowest BCUT2D eigenvalue weighted by Crippen LogP contribution is -2.11. The number of hydrogen-bond donors (Lipinski definition) is 3. The van der Waals surface area contributed by atoms with Crippen LogP contribution in [0.4, 0.5) is 5.00 Å². The molecular formula is C14H13N3O5S2. The number of benzene rings is 1. The second-order valence-electron chi connectivity index (χ2n) is 5.01. The quantitative estimate of drug-likeness (QED) is 0.607. The summed E-state index contributed by atoms with van der Waals surface area (Å²) in [5.41, 5.74) is 1.11. The van der Waals surface area contributed by atoms with Gasteiger partial charge >= 0.3 is 11.7 Å². The first-order chi connectivity index (χ1) is 11.3. The second kappa shape index (κ2) is 5.80. The number of anilines is 1. The van der Waals surface area contributed by atoms with Crippen LogP contribution in [-0.2, 0) is 14.8 Å². The van der Waals surface area contributed by atoms with Crippen LogP contribution in [0.2, 0.25) is 0 Å². The van der Waals surface area contributed by atoms with Crippen molar-refractivity contribution < 1.29 is 17.9 Å². The molecule has 0 aliphatic carbocycles. The Labute approximate surface area is 140 Å². The van der Waals surface area contributed by atoms with Crippen LogP contribution in [0.3, 0.4) is 0 Å². The highest BCUT2D eigenvalue weighted by molar-refractivity contribution is 7.93. The van der Waals surface area contributed by atoms with Crippen molar-refractivity contribution in [1.82, 2.24) is 9.97 Å². The first-order valence-corrected chi connectivity index (χ1v) is 9.04. The van der Waals surface area contributed by atoms with E-state index in [1.54, 1.807) is 13.0 Å². The molecule has 0 bridgehead atoms. The summed E-state index contributed by atoms with van der Waals surface area (Å²) in [6, 6.07) is 5.81. The maximum Gasteiger partial charge on any atom is 0.348 e. The fourth-order valence-electron chi connectivity index (χ4n) is 2.20. The van der Waals surface area contributed by atoms with Crippen LogP contribution in [0.5, 0.6) is 0 Å². The summed E-state index contributed by atoms with van der Waals surface area (Å²) in [5.74, 6) is -0.519. The molecular weight excluding hydrogens is 354 g/mol. The smallest absolute Gasteiger partial charge is 0.348 e. The van der Waals surface area contributed by atoms with Crippen molar-refractivity contribution in [2.24, 2.45) is 0 Å². The number of carbonyl (C=O) groups excluding carboxylic acids is 1. The molecule has 0 saturated heterocycles. The van der Waals surface area contributed by atoms with Crippen LogP contribution in [0, 0.1) is 6.92 Å². The number of carbonyl (C=O) groups is 1. The van der Waals surface area contributed by atoms with Gasteiger partial charge in [-0.2, -0.15) is 0 Å². The number of H-pyrrole nitrogens is 2. The lowest BCUT2D eigenvalue weighted by Gasteiger charge is -2.05. The minimum Gasteiger partial charge on any atom is -0.465 e. The van der Waals surface area contributed by atoms with Gasteiger partial charge in [-0.25, -0.2) is 18.0 Å². The Kier molecular flexibility index (Phi) is 3.93. The third-order valence-electron chi connectivity index (χ3n) is 3.32. The van der Waals surface area contributed by atoms with Crippen LogP contribution in [0.15, 0.2) is 34.0 Å². The average molecular weight is 367 g/mol. The summed E-state index contributed by atoms with van der Waals surface area (Å²) in [4.78, 5) is 28.2. The Morgan fingerprint density at radius 3 is 2.62 bits per heavy atom. The maximum atomic E-state index is 12.5. The molecule has 0 aliphatic heterocycles. The van der Waals surface area contributed by atoms with Gasteiger partial charge in [0.25, 0.3) is 10.0 Å². The molecule has 0 amide bonds. The first kappa shape index (κ1) is 16.3. The number of aromatic nitrogens is 2. The number of ether oxygens (including phenoxy) is 1. The molecule has 0 unspecified atom stereocenters. The Balaban J connectivity index is 1.95. The van der Waals surface area contributed by atoms with Gasteiger partial charge in [-0.3, -0.25) is 4.72 Å². The second-order valence-corrected chi connectivity index (χ2v) is 7.74. The van der Waals surface area contributed by atoms with E-state index >= 15 is 0 Å². The van der Waals surface area contributed by atoms with Gasteiger partial charge in [0.2, 0.25) is 0 Å². The van der Waals surface area contributed by atoms with Gasteiger partial charge in [-0.05, 0) is 36.8 Å². The minimum absolute atomic E-state index is 0.00378. The van der Waals surface area contributed by atoms with Crippen molar-refractivity contribution in [3.05, 3.63) is 45.2 Å². The molecule has 3 rings (SSSR count). The molecule has 3 aromatic rings. The summed E-state index contributed by atoms with van der Waals surface area (Å²) in [6.45, 7) is 1.69. The molecule has 0 radical (unpaired) electrons. The molecule has 0 fully saturated rings. The average Bonchev–Trinajstić information content (AvgIpc) is 3.06. The molecule has 2 aromatic heterocycles. The summed E-state index contributed by atoms with van der Waals surface area (Å²) in [6.07, 6.45) is 0. The number of esters is 1. The van der Waals surface area contributed by atoms with Crippen LogP contribution >= 0.6 is 11.3 Å². The Morgan fingerprint density at radius 2 is 1.92 bits per heavy atom. The van der Waals surface area contributed by atoms with Crippen LogP contribution in [-0.4, -0.2) is 31.5 Å². The normalized spacial score (nSPS) is 11.6. The van der Waals surface area contributed by atoms with E-state index in [9.17, 15) is 18.0 Å². The predicted octanol–water partition coefficient (Wildman–Crippen LogP) is 1.81. The van der Waals surface area contributed by atoms with Gasteiger partial charge in [0.1, 0.15) is 9.88 Å². The number of hydrogen-bond acceptors (Lipinski definition) is 6. The maximum absolute atomic E-state index is 12.5. The standard InChI is InChI=1S/C14H13N3O5S2/c1-7-5-11(23-12(7)13(18)22-2)17-24(20,21)8-3-4-9-10(6-8)16-14(19)15-9/h3-6,17H,1-2H3,(H2,15,16,19). The van der Waals surface area contributed by atoms with Crippen molar-refractivity contribution >= 4 is 43.4 Å². The van der Waals surface area contributed by atoms with E-state index in [0.717, 1.165) is 11.3 Å². The summed E-state index contributed by atoms with van der Waals surface area (Å²) < 4.78 is 32.1. The number of aromatic amines is 2. The summed E-state index contributed by atoms with van der Waals surface area (Å²) in [7, 11) is -2.60. The predicted molar refractivity (Wildman–Crippen MR) is 90.1 cm³/mol. The minimum atomic E-state index is -3.86. The molecule has 8 nitrogen and oxygen atoms in total. The van der Waals surface area contributed by atoms with Crippen molar-refractivity contribution in [3.63, 3.8) is 0 Å². The van der Waals surface area contributed by atoms with Crippen molar-refractivity contribution in [2.75, 3.05) is 11.8 Å². The molecule has 0 atom stereocenters. The number of methoxy groups -OCH3 is 1. The largest absolute Gasteiger partial charge is 0.465 e. The number of sulfonamides is 1. The van der Waals surface area contributed by atoms with E-state index < -0.39 is 21.7 Å². The van der Waals surface area contributed by atoms with Gasteiger partial charge in [0.15, 0.2) is 0 Å². The molecule has 126 valence electrons. The number of thiophene rings is 1. The summed E-state index contributed by atoms with van der Waals surface area (Å²) >= 11 is 0.993. The van der Waals surface area contributed by atoms with Gasteiger partial charge in [0.05, 0.1) is 23.0 Å². The van der Waals surface area contributed by atoms with E-state index in [0.29, 0.717) is 26.5 Å². The molecule has 24 heavy (non-hydrogen) atoms. The molecule has 0 spiro atoms. The highest BCUT2D eigenvalue weighted by Gasteiger charge is 2.19.